The van der Waals surface area contributed by atoms with Gasteiger partial charge < -0.3 is 5.32 Å². The molecule has 1 fully saturated rings. The van der Waals surface area contributed by atoms with E-state index in [0.717, 1.165) is 16.6 Å². The molecule has 1 heterocycles. The maximum absolute atomic E-state index is 13.0. The second-order valence-corrected chi connectivity index (χ2v) is 6.61. The van der Waals surface area contributed by atoms with E-state index in [1.807, 2.05) is 45.1 Å². The zero-order valence-electron chi connectivity index (χ0n) is 14.5. The number of guanidine groups is 1. The minimum Gasteiger partial charge on any atom is -0.346 e. The van der Waals surface area contributed by atoms with Crippen LogP contribution in [-0.2, 0) is 10.3 Å². The quantitative estimate of drug-likeness (QED) is 0.800. The molecule has 3 rings (SSSR count). The molecule has 2 aromatic carbocycles. The number of carbonyl (C=O) groups excluding carboxylic acids is 1. The van der Waals surface area contributed by atoms with Gasteiger partial charge in [0.15, 0.2) is 5.96 Å². The lowest BCUT2D eigenvalue weighted by molar-refractivity contribution is -0.131. The van der Waals surface area contributed by atoms with E-state index in [4.69, 9.17) is 5.41 Å². The number of amides is 1. The van der Waals surface area contributed by atoms with Gasteiger partial charge in [-0.15, -0.1) is 0 Å². The molecule has 0 radical (unpaired) electrons. The summed E-state index contributed by atoms with van der Waals surface area (Å²) in [4.78, 5) is 14.4. The fourth-order valence-corrected chi connectivity index (χ4v) is 3.34. The number of likely N-dealkylation sites (N-methyl/N-ethyl adjacent to an activating group) is 1. The zero-order chi connectivity index (χ0) is 18.2. The van der Waals surface area contributed by atoms with Crippen molar-refractivity contribution in [3.05, 3.63) is 65.2 Å². The molecule has 5 nitrogen and oxygen atoms in total. The van der Waals surface area contributed by atoms with Crippen LogP contribution in [0.15, 0.2) is 48.5 Å². The molecule has 6 heteroatoms. The van der Waals surface area contributed by atoms with Crippen LogP contribution in [0.4, 0.5) is 0 Å². The van der Waals surface area contributed by atoms with E-state index in [0.29, 0.717) is 5.56 Å². The second-order valence-electron chi connectivity index (χ2n) is 6.61. The van der Waals surface area contributed by atoms with Gasteiger partial charge in [-0.05, 0) is 30.2 Å². The second kappa shape index (κ2) is 6.10. The Balaban J connectivity index is 2.18. The molecule has 2 atom stereocenters. The summed E-state index contributed by atoms with van der Waals surface area (Å²) in [6.45, 7) is 1.91. The molecule has 124 valence electrons. The lowest BCUT2D eigenvalue weighted by Crippen LogP contribution is -2.62. The van der Waals surface area contributed by atoms with Gasteiger partial charge in [0, 0.05) is 7.05 Å². The van der Waals surface area contributed by atoms with Crippen LogP contribution in [0.1, 0.15) is 29.5 Å². The summed E-state index contributed by atoms with van der Waals surface area (Å²) in [6, 6.07) is 17.2. The summed E-state index contributed by atoms with van der Waals surface area (Å²) in [5, 5.41) is 20.5. The number of nitrogens with one attached hydrogen (secondary N) is 2. The largest absolute Gasteiger partial charge is 0.346 e. The first-order chi connectivity index (χ1) is 11.9. The molecule has 0 saturated carbocycles. The van der Waals surface area contributed by atoms with Crippen LogP contribution in [0.3, 0.4) is 0 Å². The molecule has 25 heavy (non-hydrogen) atoms. The molecule has 1 aliphatic heterocycles. The molecular weight excluding hydrogens is 311 g/mol. The molecule has 1 unspecified atom stereocenters. The summed E-state index contributed by atoms with van der Waals surface area (Å²) < 4.78 is 0. The summed E-state index contributed by atoms with van der Waals surface area (Å²) in [6.07, 6.45) is 0. The van der Waals surface area contributed by atoms with Crippen molar-refractivity contribution in [3.63, 3.8) is 0 Å². The van der Waals surface area contributed by atoms with Gasteiger partial charge in [0.25, 0.3) is 0 Å². The Kier molecular flexibility index (Phi) is 4.09. The number of nitriles is 1. The third-order valence-electron chi connectivity index (χ3n) is 4.87. The predicted octanol–water partition coefficient (Wildman–Crippen LogP) is 0.812. The Labute approximate surface area is 148 Å². The summed E-state index contributed by atoms with van der Waals surface area (Å²) >= 11 is 0. The third kappa shape index (κ3) is 2.78. The summed E-state index contributed by atoms with van der Waals surface area (Å²) in [7, 11) is 3.60. The van der Waals surface area contributed by atoms with Crippen molar-refractivity contribution in [1.29, 1.82) is 10.7 Å². The van der Waals surface area contributed by atoms with Gasteiger partial charge in [-0.2, -0.15) is 5.26 Å². The van der Waals surface area contributed by atoms with Gasteiger partial charge in [0.1, 0.15) is 7.85 Å². The van der Waals surface area contributed by atoms with E-state index in [-0.39, 0.29) is 11.9 Å². The van der Waals surface area contributed by atoms with Crippen molar-refractivity contribution in [2.24, 2.45) is 0 Å². The highest BCUT2D eigenvalue weighted by atomic mass is 16.2. The number of benzene rings is 2. The zero-order valence-corrected chi connectivity index (χ0v) is 14.5. The molecule has 0 spiro atoms. The van der Waals surface area contributed by atoms with E-state index >= 15 is 0 Å². The van der Waals surface area contributed by atoms with Gasteiger partial charge >= 0.3 is 0 Å². The van der Waals surface area contributed by atoms with Crippen LogP contribution in [0.2, 0.25) is 0 Å². The third-order valence-corrected chi connectivity index (χ3v) is 4.87. The fraction of sp³-hybridized carbons (Fsp3) is 0.211. The highest BCUT2D eigenvalue weighted by Gasteiger charge is 2.48. The van der Waals surface area contributed by atoms with Gasteiger partial charge in [0.05, 0.1) is 23.1 Å². The minimum absolute atomic E-state index is 0.0539. The maximum atomic E-state index is 13.0. The van der Waals surface area contributed by atoms with E-state index < -0.39 is 11.5 Å². The minimum atomic E-state index is -0.817. The Bertz CT molecular complexity index is 887. The molecule has 2 aromatic rings. The van der Waals surface area contributed by atoms with Crippen molar-refractivity contribution in [2.75, 3.05) is 7.05 Å². The van der Waals surface area contributed by atoms with Gasteiger partial charge in [-0.25, -0.2) is 0 Å². The van der Waals surface area contributed by atoms with Crippen molar-refractivity contribution in [1.82, 2.24) is 10.2 Å². The van der Waals surface area contributed by atoms with E-state index in [9.17, 15) is 10.1 Å². The highest BCUT2D eigenvalue weighted by molar-refractivity contribution is 6.32. The molecule has 0 aliphatic carbocycles. The van der Waals surface area contributed by atoms with Crippen LogP contribution in [0.5, 0.6) is 0 Å². The Morgan fingerprint density at radius 3 is 2.60 bits per heavy atom. The van der Waals surface area contributed by atoms with E-state index in [2.05, 4.69) is 11.4 Å². The smallest absolute Gasteiger partial charge is 0.239 e. The molecule has 1 saturated heterocycles. The van der Waals surface area contributed by atoms with Crippen molar-refractivity contribution in [3.8, 4) is 6.07 Å². The molecule has 2 N–H and O–H groups in total. The lowest BCUT2D eigenvalue weighted by Gasteiger charge is -2.46. The fourth-order valence-electron chi connectivity index (χ4n) is 3.34. The van der Waals surface area contributed by atoms with Gasteiger partial charge in [-0.1, -0.05) is 41.9 Å². The van der Waals surface area contributed by atoms with Crippen LogP contribution in [0, 0.1) is 16.7 Å². The van der Waals surface area contributed by atoms with Crippen LogP contribution in [-0.4, -0.2) is 31.7 Å². The van der Waals surface area contributed by atoms with Gasteiger partial charge in [-0.3, -0.25) is 15.1 Å². The first-order valence-electron chi connectivity index (χ1n) is 8.08. The van der Waals surface area contributed by atoms with Crippen LogP contribution < -0.4 is 10.8 Å². The molecule has 0 bridgehead atoms. The van der Waals surface area contributed by atoms with Crippen molar-refractivity contribution >= 4 is 25.2 Å². The van der Waals surface area contributed by atoms with Crippen molar-refractivity contribution < 1.29 is 4.79 Å². The van der Waals surface area contributed by atoms with E-state index in [1.165, 1.54) is 4.90 Å². The lowest BCUT2D eigenvalue weighted by atomic mass is 9.73. The number of hydrogen-bond acceptors (Lipinski definition) is 3. The molecular formula is C19H19BN4O. The standard InChI is InChI=1S/C19H19BN4O/c1-19(14-5-3-4-12(10-14)11-21)16(13-6-8-15(20)9-7-13)17(25)24(2)18(22)23-19/h3-10,16H,20H2,1-2H3,(H2,22,23)/t16?,19-/m1/s1. The normalized spacial score (nSPS) is 23.1. The Morgan fingerprint density at radius 1 is 1.28 bits per heavy atom. The average Bonchev–Trinajstić information content (AvgIpc) is 2.61. The Morgan fingerprint density at radius 2 is 1.96 bits per heavy atom. The molecule has 1 aliphatic rings. The summed E-state index contributed by atoms with van der Waals surface area (Å²) in [5.41, 5.74) is 2.52. The first-order valence-corrected chi connectivity index (χ1v) is 8.08. The van der Waals surface area contributed by atoms with Crippen molar-refractivity contribution in [2.45, 2.75) is 18.4 Å². The number of nitrogens with zero attached hydrogens (tertiary/aromatic N) is 2. The Hall–Kier alpha value is -3.07. The maximum Gasteiger partial charge on any atom is 0.239 e. The van der Waals surface area contributed by atoms with Crippen LogP contribution >= 0.6 is 0 Å². The monoisotopic (exact) mass is 330 g/mol. The molecule has 0 aromatic heterocycles. The highest BCUT2D eigenvalue weighted by Crippen LogP contribution is 2.40. The average molecular weight is 330 g/mol. The summed E-state index contributed by atoms with van der Waals surface area (Å²) in [5.74, 6) is -0.586. The molecule has 1 amide bonds. The van der Waals surface area contributed by atoms with Crippen LogP contribution in [0.25, 0.3) is 0 Å². The number of hydrogen-bond donors (Lipinski definition) is 2. The number of carbonyl (C=O) groups is 1. The predicted molar refractivity (Wildman–Crippen MR) is 99.5 cm³/mol. The van der Waals surface area contributed by atoms with Gasteiger partial charge in [0.2, 0.25) is 5.91 Å². The first kappa shape index (κ1) is 16.8. The topological polar surface area (TPSA) is 80.0 Å². The van der Waals surface area contributed by atoms with E-state index in [1.54, 1.807) is 25.2 Å². The number of rotatable bonds is 2. The SMILES string of the molecule is Bc1ccc(C2C(=O)N(C)C(=N)N[C@]2(C)c2cccc(C#N)c2)cc1.